The number of hydrogen-bond donors (Lipinski definition) is 2. The van der Waals surface area contributed by atoms with Gasteiger partial charge in [-0.2, -0.15) is 11.8 Å². The highest BCUT2D eigenvalue weighted by molar-refractivity contribution is 7.98. The molecule has 3 N–H and O–H groups in total. The first-order valence-electron chi connectivity index (χ1n) is 4.45. The molecule has 1 aromatic carbocycles. The lowest BCUT2D eigenvalue weighted by molar-refractivity contribution is 0.982. The predicted octanol–water partition coefficient (Wildman–Crippen LogP) is 1.93. The van der Waals surface area contributed by atoms with Crippen LogP contribution in [0.5, 0.6) is 0 Å². The average molecular weight is 209 g/mol. The fourth-order valence-electron chi connectivity index (χ4n) is 1.02. The van der Waals surface area contributed by atoms with Crippen LogP contribution in [-0.2, 0) is 0 Å². The van der Waals surface area contributed by atoms with Gasteiger partial charge < -0.3 is 5.43 Å². The standard InChI is InChI=1S/C10H15N3S/c1-14-8-7-10(13-11)12-9-5-3-2-4-6-9/h2-6H,7-8,11H2,1H3,(H,12,13). The number of rotatable bonds is 4. The second-order valence-electron chi connectivity index (χ2n) is 2.78. The molecule has 0 atom stereocenters. The van der Waals surface area contributed by atoms with Crippen LogP contribution in [0.25, 0.3) is 0 Å². The molecule has 0 radical (unpaired) electrons. The minimum absolute atomic E-state index is 0.825. The van der Waals surface area contributed by atoms with E-state index in [0.29, 0.717) is 0 Å². The van der Waals surface area contributed by atoms with Crippen molar-refractivity contribution in [3.63, 3.8) is 0 Å². The zero-order valence-electron chi connectivity index (χ0n) is 8.23. The van der Waals surface area contributed by atoms with Crippen molar-refractivity contribution in [2.45, 2.75) is 6.42 Å². The first-order valence-corrected chi connectivity index (χ1v) is 5.84. The van der Waals surface area contributed by atoms with E-state index in [2.05, 4.69) is 16.7 Å². The van der Waals surface area contributed by atoms with Crippen molar-refractivity contribution < 1.29 is 0 Å². The molecule has 0 spiro atoms. The maximum atomic E-state index is 5.37. The Hall–Kier alpha value is -1.00. The molecule has 0 amide bonds. The van der Waals surface area contributed by atoms with Gasteiger partial charge in [0, 0.05) is 12.2 Å². The molecule has 0 aliphatic rings. The summed E-state index contributed by atoms with van der Waals surface area (Å²) in [4.78, 5) is 4.38. The van der Waals surface area contributed by atoms with Crippen molar-refractivity contribution >= 4 is 23.3 Å². The van der Waals surface area contributed by atoms with Crippen LogP contribution in [0.4, 0.5) is 5.69 Å². The molecule has 0 fully saturated rings. The highest BCUT2D eigenvalue weighted by atomic mass is 32.2. The Labute approximate surface area is 88.8 Å². The van der Waals surface area contributed by atoms with Gasteiger partial charge in [0.15, 0.2) is 0 Å². The van der Waals surface area contributed by atoms with Crippen molar-refractivity contribution in [3.8, 4) is 0 Å². The van der Waals surface area contributed by atoms with E-state index in [4.69, 9.17) is 5.84 Å². The van der Waals surface area contributed by atoms with E-state index < -0.39 is 0 Å². The van der Waals surface area contributed by atoms with E-state index in [1.807, 2.05) is 30.3 Å². The first kappa shape index (κ1) is 11.1. The number of nitrogens with two attached hydrogens (primary N) is 1. The smallest absolute Gasteiger partial charge is 0.117 e. The molecule has 14 heavy (non-hydrogen) atoms. The summed E-state index contributed by atoms with van der Waals surface area (Å²) in [5.41, 5.74) is 3.55. The number of aliphatic imine (C=N–C) groups is 1. The molecule has 1 rings (SSSR count). The highest BCUT2D eigenvalue weighted by Gasteiger charge is 1.96. The minimum Gasteiger partial charge on any atom is -0.312 e. The van der Waals surface area contributed by atoms with Crippen LogP contribution in [0.3, 0.4) is 0 Å². The zero-order valence-corrected chi connectivity index (χ0v) is 9.05. The Morgan fingerprint density at radius 1 is 1.43 bits per heavy atom. The summed E-state index contributed by atoms with van der Waals surface area (Å²) < 4.78 is 0. The number of nitrogens with zero attached hydrogens (tertiary/aromatic N) is 1. The van der Waals surface area contributed by atoms with Crippen LogP contribution in [0.15, 0.2) is 35.3 Å². The van der Waals surface area contributed by atoms with Crippen LogP contribution < -0.4 is 11.3 Å². The van der Waals surface area contributed by atoms with Crippen LogP contribution in [0.2, 0.25) is 0 Å². The molecule has 3 nitrogen and oxygen atoms in total. The molecule has 0 bridgehead atoms. The summed E-state index contributed by atoms with van der Waals surface area (Å²) in [5, 5.41) is 0. The largest absolute Gasteiger partial charge is 0.312 e. The van der Waals surface area contributed by atoms with Crippen molar-refractivity contribution in [2.75, 3.05) is 12.0 Å². The summed E-state index contributed by atoms with van der Waals surface area (Å²) in [7, 11) is 0. The van der Waals surface area contributed by atoms with E-state index >= 15 is 0 Å². The van der Waals surface area contributed by atoms with Gasteiger partial charge in [0.25, 0.3) is 0 Å². The summed E-state index contributed by atoms with van der Waals surface area (Å²) >= 11 is 1.78. The van der Waals surface area contributed by atoms with Gasteiger partial charge in [0.2, 0.25) is 0 Å². The van der Waals surface area contributed by atoms with Gasteiger partial charge in [-0.3, -0.25) is 0 Å². The van der Waals surface area contributed by atoms with Crippen molar-refractivity contribution in [1.29, 1.82) is 0 Å². The minimum atomic E-state index is 0.825. The van der Waals surface area contributed by atoms with E-state index in [1.165, 1.54) is 0 Å². The lowest BCUT2D eigenvalue weighted by atomic mass is 10.3. The number of thioether (sulfide) groups is 1. The number of hydrogen-bond acceptors (Lipinski definition) is 3. The monoisotopic (exact) mass is 209 g/mol. The number of hydrazine groups is 1. The van der Waals surface area contributed by atoms with Crippen molar-refractivity contribution in [3.05, 3.63) is 30.3 Å². The maximum absolute atomic E-state index is 5.37. The SMILES string of the molecule is CSCCC(=Nc1ccccc1)NN. The number of amidine groups is 1. The Kier molecular flexibility index (Phi) is 5.11. The molecular weight excluding hydrogens is 194 g/mol. The fraction of sp³-hybridized carbons (Fsp3) is 0.300. The Morgan fingerprint density at radius 3 is 2.71 bits per heavy atom. The lowest BCUT2D eigenvalue weighted by Crippen LogP contribution is -2.30. The highest BCUT2D eigenvalue weighted by Crippen LogP contribution is 2.10. The number of benzene rings is 1. The fourth-order valence-corrected chi connectivity index (χ4v) is 1.41. The average Bonchev–Trinajstić information content (AvgIpc) is 2.25. The molecule has 0 unspecified atom stereocenters. The quantitative estimate of drug-likeness (QED) is 0.345. The maximum Gasteiger partial charge on any atom is 0.117 e. The Morgan fingerprint density at radius 2 is 2.14 bits per heavy atom. The van der Waals surface area contributed by atoms with Gasteiger partial charge in [-0.15, -0.1) is 0 Å². The number of para-hydroxylation sites is 1. The molecule has 0 saturated carbocycles. The molecule has 0 heterocycles. The van der Waals surface area contributed by atoms with Gasteiger partial charge in [-0.1, -0.05) is 18.2 Å². The molecule has 76 valence electrons. The van der Waals surface area contributed by atoms with E-state index in [9.17, 15) is 0 Å². The third kappa shape index (κ3) is 3.81. The molecule has 0 aliphatic carbocycles. The third-order valence-electron chi connectivity index (χ3n) is 1.73. The second kappa shape index (κ2) is 6.45. The van der Waals surface area contributed by atoms with Crippen LogP contribution >= 0.6 is 11.8 Å². The van der Waals surface area contributed by atoms with Gasteiger partial charge in [-0.05, 0) is 18.4 Å². The summed E-state index contributed by atoms with van der Waals surface area (Å²) in [5.74, 6) is 7.22. The van der Waals surface area contributed by atoms with Gasteiger partial charge in [-0.25, -0.2) is 10.8 Å². The normalized spacial score (nSPS) is 11.4. The van der Waals surface area contributed by atoms with Gasteiger partial charge >= 0.3 is 0 Å². The van der Waals surface area contributed by atoms with Crippen LogP contribution in [0, 0.1) is 0 Å². The third-order valence-corrected chi connectivity index (χ3v) is 2.34. The molecule has 0 saturated heterocycles. The summed E-state index contributed by atoms with van der Waals surface area (Å²) in [6.07, 6.45) is 2.93. The lowest BCUT2D eigenvalue weighted by Gasteiger charge is -2.03. The Bertz CT molecular complexity index is 285. The topological polar surface area (TPSA) is 50.4 Å². The van der Waals surface area contributed by atoms with Crippen molar-refractivity contribution in [2.24, 2.45) is 10.8 Å². The van der Waals surface area contributed by atoms with Crippen LogP contribution in [-0.4, -0.2) is 17.8 Å². The summed E-state index contributed by atoms with van der Waals surface area (Å²) in [6.45, 7) is 0. The first-order chi connectivity index (χ1) is 6.86. The molecule has 0 aliphatic heterocycles. The van der Waals surface area contributed by atoms with E-state index in [0.717, 1.165) is 23.7 Å². The van der Waals surface area contributed by atoms with Crippen molar-refractivity contribution in [1.82, 2.24) is 5.43 Å². The Balaban J connectivity index is 2.64. The number of nitrogens with one attached hydrogen (secondary N) is 1. The van der Waals surface area contributed by atoms with E-state index in [1.54, 1.807) is 11.8 Å². The molecule has 4 heteroatoms. The van der Waals surface area contributed by atoms with E-state index in [-0.39, 0.29) is 0 Å². The predicted molar refractivity (Wildman–Crippen MR) is 63.9 cm³/mol. The van der Waals surface area contributed by atoms with Gasteiger partial charge in [0.05, 0.1) is 5.69 Å². The molecule has 0 aromatic heterocycles. The molecular formula is C10H15N3S. The zero-order chi connectivity index (χ0) is 10.2. The second-order valence-corrected chi connectivity index (χ2v) is 3.77. The van der Waals surface area contributed by atoms with Crippen LogP contribution in [0.1, 0.15) is 6.42 Å². The van der Waals surface area contributed by atoms with Gasteiger partial charge in [0.1, 0.15) is 5.84 Å². The summed E-state index contributed by atoms with van der Waals surface area (Å²) in [6, 6.07) is 9.80. The molecule has 1 aromatic rings.